The normalized spacial score (nSPS) is 10.9. The topological polar surface area (TPSA) is 45.7 Å². The Balaban J connectivity index is 0.00000341. The van der Waals surface area contributed by atoms with Crippen LogP contribution in [-0.4, -0.2) is 54.8 Å². The van der Waals surface area contributed by atoms with Crippen LogP contribution in [-0.2, 0) is 4.79 Å². The van der Waals surface area contributed by atoms with E-state index in [0.29, 0.717) is 17.3 Å². The average molecular weight is 501 g/mol. The predicted molar refractivity (Wildman–Crippen MR) is 136 cm³/mol. The van der Waals surface area contributed by atoms with Gasteiger partial charge in [0.15, 0.2) is 5.13 Å². The van der Waals surface area contributed by atoms with Crippen molar-refractivity contribution in [2.45, 2.75) is 18.7 Å². The molecule has 0 radical (unpaired) electrons. The zero-order valence-corrected chi connectivity index (χ0v) is 21.0. The highest BCUT2D eigenvalue weighted by Crippen LogP contribution is 2.31. The molecule has 3 rings (SSSR count). The van der Waals surface area contributed by atoms with Crippen LogP contribution in [0, 0.1) is 0 Å². The van der Waals surface area contributed by atoms with Crippen molar-refractivity contribution in [1.29, 1.82) is 0 Å². The van der Waals surface area contributed by atoms with Gasteiger partial charge in [0.25, 0.3) is 0 Å². The molecule has 1 aromatic heterocycles. The summed E-state index contributed by atoms with van der Waals surface area (Å²) in [6.45, 7) is 7.59. The molecule has 0 bridgehead atoms. The lowest BCUT2D eigenvalue weighted by atomic mass is 10.3. The highest BCUT2D eigenvalue weighted by Gasteiger charge is 2.20. The largest absolute Gasteiger partial charge is 0.497 e. The smallest absolute Gasteiger partial charge is 0.239 e. The predicted octanol–water partition coefficient (Wildman–Crippen LogP) is 5.85. The van der Waals surface area contributed by atoms with E-state index in [-0.39, 0.29) is 18.3 Å². The molecule has 9 heteroatoms. The second kappa shape index (κ2) is 12.5. The number of carbonyl (C=O) groups is 1. The third kappa shape index (κ3) is 6.99. The Morgan fingerprint density at radius 2 is 1.84 bits per heavy atom. The van der Waals surface area contributed by atoms with E-state index in [0.717, 1.165) is 45.6 Å². The summed E-state index contributed by atoms with van der Waals surface area (Å²) in [6.07, 6.45) is 0. The number of likely N-dealkylation sites (N-methyl/N-ethyl adjacent to an activating group) is 1. The Labute approximate surface area is 203 Å². The molecule has 0 aliphatic carbocycles. The molecule has 0 saturated carbocycles. The first-order valence-electron chi connectivity index (χ1n) is 9.89. The monoisotopic (exact) mass is 499 g/mol. The molecule has 0 spiro atoms. The molecule has 168 valence electrons. The van der Waals surface area contributed by atoms with Crippen LogP contribution < -0.4 is 9.64 Å². The molecule has 0 fully saturated rings. The van der Waals surface area contributed by atoms with Crippen molar-refractivity contribution in [2.75, 3.05) is 43.9 Å². The van der Waals surface area contributed by atoms with E-state index in [1.54, 1.807) is 7.11 Å². The number of hydrogen-bond acceptors (Lipinski definition) is 6. The van der Waals surface area contributed by atoms with Gasteiger partial charge in [-0.2, -0.15) is 0 Å². The number of halogens is 2. The average Bonchev–Trinajstić information content (AvgIpc) is 3.18. The number of aromatic nitrogens is 1. The fourth-order valence-electron chi connectivity index (χ4n) is 3.00. The maximum Gasteiger partial charge on any atom is 0.239 e. The quantitative estimate of drug-likeness (QED) is 0.327. The van der Waals surface area contributed by atoms with Gasteiger partial charge in [-0.15, -0.1) is 24.2 Å². The molecule has 0 atom stereocenters. The zero-order valence-electron chi connectivity index (χ0n) is 17.8. The van der Waals surface area contributed by atoms with Gasteiger partial charge in [0.05, 0.1) is 23.1 Å². The molecule has 0 unspecified atom stereocenters. The van der Waals surface area contributed by atoms with E-state index in [9.17, 15) is 4.79 Å². The first-order valence-corrected chi connectivity index (χ1v) is 12.1. The van der Waals surface area contributed by atoms with E-state index in [1.807, 2.05) is 47.4 Å². The Bertz CT molecular complexity index is 979. The van der Waals surface area contributed by atoms with Crippen LogP contribution >= 0.6 is 47.1 Å². The number of carbonyl (C=O) groups excluding carboxylic acids is 1. The fourth-order valence-corrected chi connectivity index (χ4v) is 5.06. The van der Waals surface area contributed by atoms with Gasteiger partial charge in [-0.3, -0.25) is 9.69 Å². The van der Waals surface area contributed by atoms with Crippen molar-refractivity contribution in [3.63, 3.8) is 0 Å². The number of rotatable bonds is 10. The molecular formula is C22H27Cl2N3O2S2. The molecule has 1 amide bonds. The molecule has 0 saturated heterocycles. The molecule has 3 aromatic rings. The molecule has 2 aromatic carbocycles. The number of thioether (sulfide) groups is 1. The molecule has 0 N–H and O–H groups in total. The van der Waals surface area contributed by atoms with E-state index in [2.05, 4.69) is 18.7 Å². The van der Waals surface area contributed by atoms with Gasteiger partial charge >= 0.3 is 0 Å². The standard InChI is InChI=1S/C22H26ClN3O2S2.ClH/c1-4-25(5-2)12-13-26(22-24-19-11-6-16(23)14-20(19)30-22)21(27)15-29-18-9-7-17(28-3)8-10-18;/h6-11,14H,4-5,12-13,15H2,1-3H3;1H. The summed E-state index contributed by atoms with van der Waals surface area (Å²) in [7, 11) is 1.64. The molecule has 0 aliphatic rings. The Morgan fingerprint density at radius 1 is 1.13 bits per heavy atom. The second-order valence-electron chi connectivity index (χ2n) is 6.64. The van der Waals surface area contributed by atoms with E-state index in [4.69, 9.17) is 21.3 Å². The van der Waals surface area contributed by atoms with Crippen molar-refractivity contribution >= 4 is 68.4 Å². The van der Waals surface area contributed by atoms with E-state index >= 15 is 0 Å². The minimum Gasteiger partial charge on any atom is -0.497 e. The summed E-state index contributed by atoms with van der Waals surface area (Å²) < 4.78 is 6.19. The maximum atomic E-state index is 13.2. The van der Waals surface area contributed by atoms with Crippen molar-refractivity contribution < 1.29 is 9.53 Å². The van der Waals surface area contributed by atoms with Crippen molar-refractivity contribution in [3.05, 3.63) is 47.5 Å². The number of nitrogens with zero attached hydrogens (tertiary/aromatic N) is 3. The lowest BCUT2D eigenvalue weighted by molar-refractivity contribution is -0.116. The van der Waals surface area contributed by atoms with Gasteiger partial charge in [-0.25, -0.2) is 4.98 Å². The highest BCUT2D eigenvalue weighted by molar-refractivity contribution is 8.00. The number of thiazole rings is 1. The summed E-state index contributed by atoms with van der Waals surface area (Å²) in [5, 5.41) is 1.40. The fraction of sp³-hybridized carbons (Fsp3) is 0.364. The summed E-state index contributed by atoms with van der Waals surface area (Å²) in [6, 6.07) is 13.4. The molecule has 1 heterocycles. The van der Waals surface area contributed by atoms with Crippen molar-refractivity contribution in [1.82, 2.24) is 9.88 Å². The lowest BCUT2D eigenvalue weighted by Gasteiger charge is -2.24. The molecular weight excluding hydrogens is 473 g/mol. The Kier molecular flexibility index (Phi) is 10.4. The number of fused-ring (bicyclic) bond motifs is 1. The van der Waals surface area contributed by atoms with Crippen LogP contribution in [0.25, 0.3) is 10.2 Å². The van der Waals surface area contributed by atoms with E-state index in [1.165, 1.54) is 23.1 Å². The summed E-state index contributed by atoms with van der Waals surface area (Å²) in [4.78, 5) is 23.0. The zero-order chi connectivity index (χ0) is 21.5. The van der Waals surface area contributed by atoms with Gasteiger partial charge in [0.1, 0.15) is 5.75 Å². The lowest BCUT2D eigenvalue weighted by Crippen LogP contribution is -2.39. The van der Waals surface area contributed by atoms with Crippen LogP contribution in [0.1, 0.15) is 13.8 Å². The maximum absolute atomic E-state index is 13.2. The number of benzene rings is 2. The van der Waals surface area contributed by atoms with Crippen LogP contribution in [0.4, 0.5) is 5.13 Å². The number of anilines is 1. The summed E-state index contributed by atoms with van der Waals surface area (Å²) in [5.74, 6) is 1.20. The number of hydrogen-bond donors (Lipinski definition) is 0. The molecule has 0 aliphatic heterocycles. The minimum atomic E-state index is 0. The highest BCUT2D eigenvalue weighted by atomic mass is 35.5. The molecule has 31 heavy (non-hydrogen) atoms. The molecule has 5 nitrogen and oxygen atoms in total. The number of amides is 1. The minimum absolute atomic E-state index is 0. The van der Waals surface area contributed by atoms with Crippen LogP contribution in [0.2, 0.25) is 5.02 Å². The number of methoxy groups -OCH3 is 1. The van der Waals surface area contributed by atoms with Gasteiger partial charge in [-0.1, -0.05) is 36.8 Å². The van der Waals surface area contributed by atoms with E-state index < -0.39 is 0 Å². The first kappa shape index (κ1) is 25.7. The second-order valence-corrected chi connectivity index (χ2v) is 9.14. The van der Waals surface area contributed by atoms with Crippen molar-refractivity contribution in [3.8, 4) is 5.75 Å². The SMILES string of the molecule is CCN(CC)CCN(C(=O)CSc1ccc(OC)cc1)c1nc2ccc(Cl)cc2s1.Cl. The van der Waals surface area contributed by atoms with Gasteiger partial charge in [-0.05, 0) is 55.6 Å². The van der Waals surface area contributed by atoms with Crippen LogP contribution in [0.5, 0.6) is 5.75 Å². The summed E-state index contributed by atoms with van der Waals surface area (Å²) in [5.41, 5.74) is 0.864. The Morgan fingerprint density at radius 3 is 2.48 bits per heavy atom. The van der Waals surface area contributed by atoms with Gasteiger partial charge < -0.3 is 9.64 Å². The third-order valence-corrected chi connectivity index (χ3v) is 7.10. The van der Waals surface area contributed by atoms with Gasteiger partial charge in [0.2, 0.25) is 5.91 Å². The van der Waals surface area contributed by atoms with Crippen LogP contribution in [0.3, 0.4) is 0 Å². The Hall–Kier alpha value is -1.51. The number of ether oxygens (including phenoxy) is 1. The van der Waals surface area contributed by atoms with Crippen LogP contribution in [0.15, 0.2) is 47.4 Å². The van der Waals surface area contributed by atoms with Crippen molar-refractivity contribution in [2.24, 2.45) is 0 Å². The summed E-state index contributed by atoms with van der Waals surface area (Å²) >= 11 is 9.16. The first-order chi connectivity index (χ1) is 14.5. The third-order valence-electron chi connectivity index (χ3n) is 4.83. The van der Waals surface area contributed by atoms with Gasteiger partial charge in [0, 0.05) is 23.0 Å².